The van der Waals surface area contributed by atoms with Crippen molar-refractivity contribution in [3.05, 3.63) is 57.7 Å². The van der Waals surface area contributed by atoms with Crippen molar-refractivity contribution in [2.24, 2.45) is 12.0 Å². The van der Waals surface area contributed by atoms with Gasteiger partial charge in [-0.25, -0.2) is 9.67 Å². The molecule has 3 heterocycles. The largest absolute Gasteiger partial charge is 0.327 e. The third-order valence-electron chi connectivity index (χ3n) is 3.18. The summed E-state index contributed by atoms with van der Waals surface area (Å²) in [5.41, 5.74) is 2.39. The van der Waals surface area contributed by atoms with E-state index in [-0.39, 0.29) is 5.91 Å². The molecule has 0 saturated carbocycles. The molecule has 0 unspecified atom stereocenters. The minimum atomic E-state index is -0.300. The first-order valence-electron chi connectivity index (χ1n) is 6.73. The Labute approximate surface area is 131 Å². The van der Waals surface area contributed by atoms with Crippen molar-refractivity contribution in [1.82, 2.24) is 19.3 Å². The van der Waals surface area contributed by atoms with Gasteiger partial charge in [0, 0.05) is 30.5 Å². The second-order valence-corrected chi connectivity index (χ2v) is 5.83. The van der Waals surface area contributed by atoms with Crippen LogP contribution < -0.4 is 4.80 Å². The second kappa shape index (κ2) is 5.69. The highest BCUT2D eigenvalue weighted by atomic mass is 32.1. The van der Waals surface area contributed by atoms with Gasteiger partial charge in [-0.2, -0.15) is 10.1 Å². The van der Waals surface area contributed by atoms with Gasteiger partial charge in [0.2, 0.25) is 0 Å². The molecule has 112 valence electrons. The Morgan fingerprint density at radius 1 is 1.32 bits per heavy atom. The van der Waals surface area contributed by atoms with E-state index in [9.17, 15) is 4.79 Å². The number of hydrogen-bond donors (Lipinski definition) is 0. The van der Waals surface area contributed by atoms with Gasteiger partial charge in [-0.1, -0.05) is 0 Å². The van der Waals surface area contributed by atoms with Crippen LogP contribution in [0.5, 0.6) is 0 Å². The number of amides is 1. The molecule has 0 atom stereocenters. The highest BCUT2D eigenvalue weighted by Crippen LogP contribution is 2.10. The molecule has 3 aromatic rings. The van der Waals surface area contributed by atoms with Gasteiger partial charge in [-0.15, -0.1) is 11.3 Å². The average molecular weight is 313 g/mol. The van der Waals surface area contributed by atoms with Gasteiger partial charge in [-0.3, -0.25) is 4.79 Å². The first-order valence-corrected chi connectivity index (χ1v) is 7.61. The minimum absolute atomic E-state index is 0.300. The Morgan fingerprint density at radius 3 is 2.68 bits per heavy atom. The summed E-state index contributed by atoms with van der Waals surface area (Å²) in [6.45, 7) is 3.90. The van der Waals surface area contributed by atoms with Crippen molar-refractivity contribution < 1.29 is 4.79 Å². The van der Waals surface area contributed by atoms with E-state index >= 15 is 0 Å². The van der Waals surface area contributed by atoms with Crippen LogP contribution in [0.15, 0.2) is 41.0 Å². The van der Waals surface area contributed by atoms with Gasteiger partial charge < -0.3 is 4.57 Å². The summed E-state index contributed by atoms with van der Waals surface area (Å²) in [5.74, 6) is 0.384. The SMILES string of the molecule is Cc1cc(C)n(-c2ccc(C(=O)N=c3sccn3C)cn2)n1. The van der Waals surface area contributed by atoms with Gasteiger partial charge in [0.15, 0.2) is 10.6 Å². The lowest BCUT2D eigenvalue weighted by atomic mass is 10.2. The highest BCUT2D eigenvalue weighted by Gasteiger charge is 2.08. The molecule has 0 aromatic carbocycles. The molecule has 0 aliphatic heterocycles. The van der Waals surface area contributed by atoms with Crippen molar-refractivity contribution in [2.75, 3.05) is 0 Å². The number of pyridine rings is 1. The third kappa shape index (κ3) is 2.75. The fraction of sp³-hybridized carbons (Fsp3) is 0.200. The molecule has 0 bridgehead atoms. The van der Waals surface area contributed by atoms with E-state index in [1.165, 1.54) is 17.5 Å². The number of rotatable bonds is 2. The van der Waals surface area contributed by atoms with Crippen LogP contribution in [0.4, 0.5) is 0 Å². The number of nitrogens with zero attached hydrogens (tertiary/aromatic N) is 5. The molecule has 3 rings (SSSR count). The first kappa shape index (κ1) is 14.4. The molecule has 0 fully saturated rings. The molecular weight excluding hydrogens is 298 g/mol. The second-order valence-electron chi connectivity index (χ2n) is 4.96. The van der Waals surface area contributed by atoms with Gasteiger partial charge in [0.25, 0.3) is 5.91 Å². The van der Waals surface area contributed by atoms with Crippen LogP contribution in [0, 0.1) is 13.8 Å². The maximum absolute atomic E-state index is 12.1. The van der Waals surface area contributed by atoms with Gasteiger partial charge >= 0.3 is 0 Å². The smallest absolute Gasteiger partial charge is 0.281 e. The Balaban J connectivity index is 1.90. The maximum atomic E-state index is 12.1. The number of aromatic nitrogens is 4. The molecule has 0 spiro atoms. The zero-order valence-electron chi connectivity index (χ0n) is 12.5. The predicted molar refractivity (Wildman–Crippen MR) is 84.0 cm³/mol. The Hall–Kier alpha value is -2.54. The molecule has 1 amide bonds. The molecule has 3 aromatic heterocycles. The van der Waals surface area contributed by atoms with Gasteiger partial charge in [0.1, 0.15) is 0 Å². The van der Waals surface area contributed by atoms with Crippen LogP contribution in [0.3, 0.4) is 0 Å². The minimum Gasteiger partial charge on any atom is -0.327 e. The lowest BCUT2D eigenvalue weighted by Crippen LogP contribution is -2.13. The van der Waals surface area contributed by atoms with E-state index in [0.29, 0.717) is 16.2 Å². The van der Waals surface area contributed by atoms with Crippen LogP contribution in [0.25, 0.3) is 5.82 Å². The Kier molecular flexibility index (Phi) is 3.72. The molecule has 0 aliphatic carbocycles. The standard InChI is InChI=1S/C15H15N5OS/c1-10-8-11(2)20(18-10)13-5-4-12(9-16-13)14(21)17-15-19(3)6-7-22-15/h4-9H,1-3H3. The lowest BCUT2D eigenvalue weighted by Gasteiger charge is -2.03. The van der Waals surface area contributed by atoms with E-state index in [0.717, 1.165) is 11.4 Å². The van der Waals surface area contributed by atoms with Gasteiger partial charge in [0.05, 0.1) is 11.3 Å². The Morgan fingerprint density at radius 2 is 2.14 bits per heavy atom. The van der Waals surface area contributed by atoms with Gasteiger partial charge in [-0.05, 0) is 32.0 Å². The zero-order chi connectivity index (χ0) is 15.7. The van der Waals surface area contributed by atoms with E-state index in [1.54, 1.807) is 21.4 Å². The molecule has 0 radical (unpaired) electrons. The summed E-state index contributed by atoms with van der Waals surface area (Å²) in [6.07, 6.45) is 3.40. The molecule has 22 heavy (non-hydrogen) atoms. The third-order valence-corrected chi connectivity index (χ3v) is 4.03. The number of carbonyl (C=O) groups is 1. The molecule has 7 heteroatoms. The molecule has 6 nitrogen and oxygen atoms in total. The van der Waals surface area contributed by atoms with Crippen molar-refractivity contribution in [3.8, 4) is 5.82 Å². The van der Waals surface area contributed by atoms with Crippen LogP contribution in [-0.4, -0.2) is 25.2 Å². The lowest BCUT2D eigenvalue weighted by molar-refractivity contribution is 0.0997. The molecular formula is C15H15N5OS. The molecule has 0 saturated heterocycles. The summed E-state index contributed by atoms with van der Waals surface area (Å²) in [4.78, 5) is 21.2. The van der Waals surface area contributed by atoms with E-state index in [1.807, 2.05) is 38.5 Å². The van der Waals surface area contributed by atoms with Crippen LogP contribution in [0.1, 0.15) is 21.7 Å². The van der Waals surface area contributed by atoms with Crippen LogP contribution in [0.2, 0.25) is 0 Å². The molecule has 0 aliphatic rings. The normalized spacial score (nSPS) is 11.9. The van der Waals surface area contributed by atoms with E-state index < -0.39 is 0 Å². The number of thiazole rings is 1. The summed E-state index contributed by atoms with van der Waals surface area (Å²) in [5, 5.41) is 6.26. The van der Waals surface area contributed by atoms with Crippen molar-refractivity contribution in [1.29, 1.82) is 0 Å². The quantitative estimate of drug-likeness (QED) is 0.727. The first-order chi connectivity index (χ1) is 10.5. The van der Waals surface area contributed by atoms with Crippen molar-refractivity contribution >= 4 is 17.2 Å². The number of carbonyl (C=O) groups excluding carboxylic acids is 1. The highest BCUT2D eigenvalue weighted by molar-refractivity contribution is 7.07. The predicted octanol–water partition coefficient (Wildman–Crippen LogP) is 2.03. The maximum Gasteiger partial charge on any atom is 0.281 e. The zero-order valence-corrected chi connectivity index (χ0v) is 13.3. The monoisotopic (exact) mass is 313 g/mol. The van der Waals surface area contributed by atoms with E-state index in [2.05, 4.69) is 15.1 Å². The summed E-state index contributed by atoms with van der Waals surface area (Å²) >= 11 is 1.42. The molecule has 0 N–H and O–H groups in total. The summed E-state index contributed by atoms with van der Waals surface area (Å²) in [6, 6.07) is 5.47. The average Bonchev–Trinajstić information content (AvgIpc) is 3.05. The topological polar surface area (TPSA) is 65.1 Å². The van der Waals surface area contributed by atoms with Crippen molar-refractivity contribution in [3.63, 3.8) is 0 Å². The Bertz CT molecular complexity index is 885. The number of aryl methyl sites for hydroxylation is 3. The fourth-order valence-corrected chi connectivity index (χ4v) is 2.81. The summed E-state index contributed by atoms with van der Waals surface area (Å²) in [7, 11) is 1.85. The van der Waals surface area contributed by atoms with Crippen molar-refractivity contribution in [2.45, 2.75) is 13.8 Å². The fourth-order valence-electron chi connectivity index (χ4n) is 2.08. The van der Waals surface area contributed by atoms with Crippen LogP contribution in [-0.2, 0) is 7.05 Å². The number of hydrogen-bond acceptors (Lipinski definition) is 4. The summed E-state index contributed by atoms with van der Waals surface area (Å²) < 4.78 is 3.56. The van der Waals surface area contributed by atoms with E-state index in [4.69, 9.17) is 0 Å². The van der Waals surface area contributed by atoms with Crippen LogP contribution >= 0.6 is 11.3 Å².